The Labute approximate surface area is 134 Å². The van der Waals surface area contributed by atoms with Crippen molar-refractivity contribution in [1.29, 1.82) is 0 Å². The summed E-state index contributed by atoms with van der Waals surface area (Å²) in [5.74, 6) is -0.0971. The first-order valence-electron chi connectivity index (χ1n) is 7.73. The largest absolute Gasteiger partial charge is 0.454 e. The predicted molar refractivity (Wildman–Crippen MR) is 85.4 cm³/mol. The van der Waals surface area contributed by atoms with Crippen LogP contribution in [0.4, 0.5) is 5.69 Å². The highest BCUT2D eigenvalue weighted by Gasteiger charge is 2.29. The number of carbonyl (C=O) groups excluding carboxylic acids is 2. The zero-order valence-corrected chi connectivity index (χ0v) is 13.2. The molecule has 1 unspecified atom stereocenters. The topological polar surface area (TPSA) is 59.8 Å². The molecule has 0 saturated carbocycles. The lowest BCUT2D eigenvalue weighted by molar-refractivity contribution is -0.126. The number of benzene rings is 1. The maximum absolute atomic E-state index is 12.7. The van der Waals surface area contributed by atoms with Gasteiger partial charge in [0.1, 0.15) is 5.76 Å². The number of rotatable bonds is 3. The Kier molecular flexibility index (Phi) is 4.19. The van der Waals surface area contributed by atoms with Crippen molar-refractivity contribution in [3.05, 3.63) is 53.5 Å². The molecule has 0 aliphatic carbocycles. The van der Waals surface area contributed by atoms with E-state index in [2.05, 4.69) is 0 Å². The van der Waals surface area contributed by atoms with Gasteiger partial charge in [0.15, 0.2) is 6.10 Å². The molecule has 1 atom stereocenters. The summed E-state index contributed by atoms with van der Waals surface area (Å²) in [6, 6.07) is 11.1. The zero-order valence-electron chi connectivity index (χ0n) is 13.2. The van der Waals surface area contributed by atoms with Gasteiger partial charge in [0, 0.05) is 12.2 Å². The van der Waals surface area contributed by atoms with Gasteiger partial charge in [0.25, 0.3) is 5.91 Å². The Morgan fingerprint density at radius 3 is 2.74 bits per heavy atom. The van der Waals surface area contributed by atoms with Crippen LogP contribution in [-0.2, 0) is 16.0 Å². The van der Waals surface area contributed by atoms with Gasteiger partial charge >= 0.3 is 5.97 Å². The van der Waals surface area contributed by atoms with E-state index in [-0.39, 0.29) is 11.7 Å². The molecule has 2 aromatic rings. The van der Waals surface area contributed by atoms with E-state index in [9.17, 15) is 9.59 Å². The summed E-state index contributed by atoms with van der Waals surface area (Å²) in [7, 11) is 0. The second-order valence-corrected chi connectivity index (χ2v) is 5.68. The standard InChI is InChI=1S/C18H19NO4/c1-12-9-10-16(22-12)18(21)23-13(2)17(20)19-11-5-7-14-6-3-4-8-15(14)19/h3-4,6,8-10,13H,5,7,11H2,1-2H3. The number of hydrogen-bond acceptors (Lipinski definition) is 4. The molecule has 120 valence electrons. The number of anilines is 1. The quantitative estimate of drug-likeness (QED) is 0.817. The minimum absolute atomic E-state index is 0.112. The van der Waals surface area contributed by atoms with Crippen molar-refractivity contribution < 1.29 is 18.7 Å². The van der Waals surface area contributed by atoms with E-state index >= 15 is 0 Å². The molecule has 3 rings (SSSR count). The van der Waals surface area contributed by atoms with Crippen molar-refractivity contribution in [2.75, 3.05) is 11.4 Å². The molecule has 2 heterocycles. The molecule has 0 radical (unpaired) electrons. The number of carbonyl (C=O) groups is 2. The van der Waals surface area contributed by atoms with E-state index in [1.807, 2.05) is 24.3 Å². The summed E-state index contributed by atoms with van der Waals surface area (Å²) >= 11 is 0. The van der Waals surface area contributed by atoms with Gasteiger partial charge in [-0.1, -0.05) is 18.2 Å². The van der Waals surface area contributed by atoms with Crippen LogP contribution in [0.15, 0.2) is 40.8 Å². The minimum Gasteiger partial charge on any atom is -0.454 e. The van der Waals surface area contributed by atoms with Gasteiger partial charge < -0.3 is 14.1 Å². The molecule has 0 bridgehead atoms. The molecule has 1 aromatic heterocycles. The monoisotopic (exact) mass is 313 g/mol. The summed E-state index contributed by atoms with van der Waals surface area (Å²) < 4.78 is 10.5. The lowest BCUT2D eigenvalue weighted by atomic mass is 10.0. The molecule has 1 amide bonds. The molecule has 5 heteroatoms. The van der Waals surface area contributed by atoms with E-state index < -0.39 is 12.1 Å². The Hall–Kier alpha value is -2.56. The lowest BCUT2D eigenvalue weighted by Crippen LogP contribution is -2.42. The van der Waals surface area contributed by atoms with Gasteiger partial charge in [-0.15, -0.1) is 0 Å². The van der Waals surface area contributed by atoms with Crippen LogP contribution in [0.3, 0.4) is 0 Å². The van der Waals surface area contributed by atoms with Crippen molar-refractivity contribution in [2.24, 2.45) is 0 Å². The molecular formula is C18H19NO4. The Bertz CT molecular complexity index is 734. The highest BCUT2D eigenvalue weighted by molar-refractivity contribution is 5.99. The average molecular weight is 313 g/mol. The van der Waals surface area contributed by atoms with Crippen LogP contribution < -0.4 is 4.90 Å². The van der Waals surface area contributed by atoms with Crippen LogP contribution in [-0.4, -0.2) is 24.5 Å². The lowest BCUT2D eigenvalue weighted by Gasteiger charge is -2.31. The van der Waals surface area contributed by atoms with Crippen molar-refractivity contribution >= 4 is 17.6 Å². The number of para-hydroxylation sites is 1. The summed E-state index contributed by atoms with van der Waals surface area (Å²) in [5, 5.41) is 0. The van der Waals surface area contributed by atoms with Gasteiger partial charge in [0.05, 0.1) is 0 Å². The van der Waals surface area contributed by atoms with Crippen LogP contribution in [0.1, 0.15) is 35.2 Å². The number of hydrogen-bond donors (Lipinski definition) is 0. The van der Waals surface area contributed by atoms with Crippen molar-refractivity contribution in [3.63, 3.8) is 0 Å². The summed E-state index contributed by atoms with van der Waals surface area (Å²) in [5.41, 5.74) is 2.05. The second kappa shape index (κ2) is 6.28. The summed E-state index contributed by atoms with van der Waals surface area (Å²) in [6.07, 6.45) is 1.000. The van der Waals surface area contributed by atoms with Crippen LogP contribution >= 0.6 is 0 Å². The van der Waals surface area contributed by atoms with Crippen LogP contribution in [0.2, 0.25) is 0 Å². The van der Waals surface area contributed by atoms with E-state index in [0.717, 1.165) is 24.1 Å². The number of fused-ring (bicyclic) bond motifs is 1. The molecule has 1 aliphatic rings. The smallest absolute Gasteiger partial charge is 0.375 e. The Morgan fingerprint density at radius 1 is 1.22 bits per heavy atom. The molecule has 23 heavy (non-hydrogen) atoms. The maximum Gasteiger partial charge on any atom is 0.375 e. The van der Waals surface area contributed by atoms with Gasteiger partial charge in [-0.25, -0.2) is 4.79 Å². The molecule has 5 nitrogen and oxygen atoms in total. The number of esters is 1. The third kappa shape index (κ3) is 3.13. The number of ether oxygens (including phenoxy) is 1. The Balaban J connectivity index is 1.72. The minimum atomic E-state index is -0.862. The molecule has 0 fully saturated rings. The molecule has 0 spiro atoms. The normalized spacial score (nSPS) is 15.0. The van der Waals surface area contributed by atoms with E-state index in [1.165, 1.54) is 0 Å². The third-order valence-corrected chi connectivity index (χ3v) is 3.95. The fourth-order valence-electron chi connectivity index (χ4n) is 2.80. The van der Waals surface area contributed by atoms with Crippen molar-refractivity contribution in [2.45, 2.75) is 32.8 Å². The average Bonchev–Trinajstić information content (AvgIpc) is 3.00. The van der Waals surface area contributed by atoms with E-state index in [0.29, 0.717) is 12.3 Å². The van der Waals surface area contributed by atoms with Crippen LogP contribution in [0.25, 0.3) is 0 Å². The van der Waals surface area contributed by atoms with Crippen molar-refractivity contribution in [1.82, 2.24) is 0 Å². The molecular weight excluding hydrogens is 294 g/mol. The summed E-state index contributed by atoms with van der Waals surface area (Å²) in [4.78, 5) is 26.4. The highest BCUT2D eigenvalue weighted by atomic mass is 16.6. The molecule has 1 aromatic carbocycles. The second-order valence-electron chi connectivity index (χ2n) is 5.68. The first-order valence-corrected chi connectivity index (χ1v) is 7.73. The first-order chi connectivity index (χ1) is 11.1. The molecule has 1 aliphatic heterocycles. The SMILES string of the molecule is Cc1ccc(C(=O)OC(C)C(=O)N2CCCc3ccccc32)o1. The Morgan fingerprint density at radius 2 is 2.00 bits per heavy atom. The van der Waals surface area contributed by atoms with E-state index in [4.69, 9.17) is 9.15 Å². The fourth-order valence-corrected chi connectivity index (χ4v) is 2.80. The van der Waals surface area contributed by atoms with Gasteiger partial charge in [-0.3, -0.25) is 4.79 Å². The number of aryl methyl sites for hydroxylation is 2. The van der Waals surface area contributed by atoms with Crippen LogP contribution in [0, 0.1) is 6.92 Å². The van der Waals surface area contributed by atoms with E-state index in [1.54, 1.807) is 30.9 Å². The third-order valence-electron chi connectivity index (χ3n) is 3.95. The zero-order chi connectivity index (χ0) is 16.4. The van der Waals surface area contributed by atoms with Crippen LogP contribution in [0.5, 0.6) is 0 Å². The van der Waals surface area contributed by atoms with Crippen molar-refractivity contribution in [3.8, 4) is 0 Å². The number of nitrogens with zero attached hydrogens (tertiary/aromatic N) is 1. The number of amides is 1. The first kappa shape index (κ1) is 15.3. The molecule has 0 N–H and O–H groups in total. The number of furan rings is 1. The van der Waals surface area contributed by atoms with Gasteiger partial charge in [-0.2, -0.15) is 0 Å². The summed E-state index contributed by atoms with van der Waals surface area (Å²) in [6.45, 7) is 3.97. The fraction of sp³-hybridized carbons (Fsp3) is 0.333. The molecule has 0 saturated heterocycles. The predicted octanol–water partition coefficient (Wildman–Crippen LogP) is 3.11. The maximum atomic E-state index is 12.7. The van der Waals surface area contributed by atoms with Gasteiger partial charge in [0.2, 0.25) is 5.76 Å². The van der Waals surface area contributed by atoms with Gasteiger partial charge in [-0.05, 0) is 50.5 Å². The highest BCUT2D eigenvalue weighted by Crippen LogP contribution is 2.27.